The van der Waals surface area contributed by atoms with Gasteiger partial charge in [0.25, 0.3) is 0 Å². The van der Waals surface area contributed by atoms with E-state index in [1.807, 2.05) is 61.2 Å². The highest BCUT2D eigenvalue weighted by atomic mass is 35.5. The molecular formula is C22H24ClNO3. The SMILES string of the molecule is C/C=C(\C)C(=O)N1CCc2cc(OC)c(OC)cc2C1c1ccccc1Cl. The second-order valence-electron chi connectivity index (χ2n) is 6.55. The molecule has 1 heterocycles. The van der Waals surface area contributed by atoms with Crippen LogP contribution in [0.2, 0.25) is 5.02 Å². The Morgan fingerprint density at radius 3 is 2.44 bits per heavy atom. The maximum absolute atomic E-state index is 13.1. The molecule has 1 amide bonds. The van der Waals surface area contributed by atoms with E-state index >= 15 is 0 Å². The van der Waals surface area contributed by atoms with Gasteiger partial charge in [0, 0.05) is 17.1 Å². The number of carbonyl (C=O) groups is 1. The summed E-state index contributed by atoms with van der Waals surface area (Å²) in [6.07, 6.45) is 2.59. The average molecular weight is 386 g/mol. The maximum atomic E-state index is 13.1. The first-order valence-corrected chi connectivity index (χ1v) is 9.32. The Morgan fingerprint density at radius 1 is 1.15 bits per heavy atom. The van der Waals surface area contributed by atoms with E-state index in [4.69, 9.17) is 21.1 Å². The second-order valence-corrected chi connectivity index (χ2v) is 6.96. The van der Waals surface area contributed by atoms with Crippen LogP contribution in [-0.4, -0.2) is 31.6 Å². The van der Waals surface area contributed by atoms with Crippen LogP contribution in [0.4, 0.5) is 0 Å². The van der Waals surface area contributed by atoms with E-state index in [0.717, 1.165) is 28.7 Å². The highest BCUT2D eigenvalue weighted by Gasteiger charge is 2.34. The number of carbonyl (C=O) groups excluding carboxylic acids is 1. The van der Waals surface area contributed by atoms with Crippen molar-refractivity contribution in [2.75, 3.05) is 20.8 Å². The molecule has 1 aliphatic rings. The zero-order valence-electron chi connectivity index (χ0n) is 16.1. The molecule has 0 fully saturated rings. The van der Waals surface area contributed by atoms with Gasteiger partial charge in [-0.05, 0) is 55.2 Å². The first-order chi connectivity index (χ1) is 13.0. The highest BCUT2D eigenvalue weighted by molar-refractivity contribution is 6.31. The number of amides is 1. The van der Waals surface area contributed by atoms with Crippen molar-refractivity contribution in [3.05, 3.63) is 69.8 Å². The average Bonchev–Trinajstić information content (AvgIpc) is 2.71. The second kappa shape index (κ2) is 8.05. The first kappa shape index (κ1) is 19.3. The normalized spacial score (nSPS) is 16.7. The summed E-state index contributed by atoms with van der Waals surface area (Å²) in [5, 5.41) is 0.640. The number of hydrogen-bond donors (Lipinski definition) is 0. The molecule has 0 saturated heterocycles. The maximum Gasteiger partial charge on any atom is 0.249 e. The molecular weight excluding hydrogens is 362 g/mol. The molecule has 0 spiro atoms. The Bertz CT molecular complexity index is 891. The number of benzene rings is 2. The molecule has 4 nitrogen and oxygen atoms in total. The van der Waals surface area contributed by atoms with Crippen molar-refractivity contribution in [3.8, 4) is 11.5 Å². The van der Waals surface area contributed by atoms with E-state index in [2.05, 4.69) is 0 Å². The number of nitrogens with zero attached hydrogens (tertiary/aromatic N) is 1. The summed E-state index contributed by atoms with van der Waals surface area (Å²) in [7, 11) is 3.24. The summed E-state index contributed by atoms with van der Waals surface area (Å²) < 4.78 is 11.0. The van der Waals surface area contributed by atoms with Gasteiger partial charge in [0.1, 0.15) is 0 Å². The fourth-order valence-corrected chi connectivity index (χ4v) is 3.79. The van der Waals surface area contributed by atoms with Gasteiger partial charge in [-0.1, -0.05) is 35.9 Å². The van der Waals surface area contributed by atoms with Crippen LogP contribution < -0.4 is 9.47 Å². The Balaban J connectivity index is 2.21. The largest absolute Gasteiger partial charge is 0.493 e. The third-order valence-electron chi connectivity index (χ3n) is 5.10. The topological polar surface area (TPSA) is 38.8 Å². The molecule has 0 aromatic heterocycles. The van der Waals surface area contributed by atoms with Crippen molar-refractivity contribution >= 4 is 17.5 Å². The Labute approximate surface area is 165 Å². The molecule has 1 atom stereocenters. The van der Waals surface area contributed by atoms with Crippen LogP contribution in [0.5, 0.6) is 11.5 Å². The number of halogens is 1. The van der Waals surface area contributed by atoms with Crippen molar-refractivity contribution in [2.45, 2.75) is 26.3 Å². The van der Waals surface area contributed by atoms with E-state index in [0.29, 0.717) is 23.1 Å². The quantitative estimate of drug-likeness (QED) is 0.710. The minimum absolute atomic E-state index is 0.0165. The van der Waals surface area contributed by atoms with E-state index < -0.39 is 0 Å². The molecule has 1 unspecified atom stereocenters. The summed E-state index contributed by atoms with van der Waals surface area (Å²) >= 11 is 6.53. The fraction of sp³-hybridized carbons (Fsp3) is 0.318. The van der Waals surface area contributed by atoms with Crippen molar-refractivity contribution in [2.24, 2.45) is 0 Å². The number of hydrogen-bond acceptors (Lipinski definition) is 3. The van der Waals surface area contributed by atoms with Crippen molar-refractivity contribution < 1.29 is 14.3 Å². The first-order valence-electron chi connectivity index (χ1n) is 8.94. The van der Waals surface area contributed by atoms with Crippen molar-refractivity contribution in [3.63, 3.8) is 0 Å². The third-order valence-corrected chi connectivity index (χ3v) is 5.45. The van der Waals surface area contributed by atoms with Gasteiger partial charge in [-0.3, -0.25) is 4.79 Å². The lowest BCUT2D eigenvalue weighted by Crippen LogP contribution is -2.41. The smallest absolute Gasteiger partial charge is 0.249 e. The van der Waals surface area contributed by atoms with Crippen LogP contribution in [0.1, 0.15) is 36.6 Å². The molecule has 142 valence electrons. The minimum atomic E-state index is -0.273. The molecule has 3 rings (SSSR count). The Morgan fingerprint density at radius 2 is 1.81 bits per heavy atom. The van der Waals surface area contributed by atoms with Gasteiger partial charge in [0.15, 0.2) is 11.5 Å². The van der Waals surface area contributed by atoms with E-state index in [-0.39, 0.29) is 11.9 Å². The van der Waals surface area contributed by atoms with E-state index in [1.54, 1.807) is 14.2 Å². The molecule has 0 bridgehead atoms. The van der Waals surface area contributed by atoms with Gasteiger partial charge in [0.2, 0.25) is 5.91 Å². The number of allylic oxidation sites excluding steroid dienone is 1. The lowest BCUT2D eigenvalue weighted by molar-refractivity contribution is -0.129. The van der Waals surface area contributed by atoms with Gasteiger partial charge < -0.3 is 14.4 Å². The molecule has 0 N–H and O–H groups in total. The molecule has 0 saturated carbocycles. The van der Waals surface area contributed by atoms with Crippen LogP contribution in [-0.2, 0) is 11.2 Å². The molecule has 2 aromatic rings. The number of ether oxygens (including phenoxy) is 2. The number of rotatable bonds is 4. The number of fused-ring (bicyclic) bond motifs is 1. The lowest BCUT2D eigenvalue weighted by Gasteiger charge is -2.38. The lowest BCUT2D eigenvalue weighted by atomic mass is 9.87. The summed E-state index contributed by atoms with van der Waals surface area (Å²) in [5.74, 6) is 1.35. The molecule has 1 aliphatic heterocycles. The summed E-state index contributed by atoms with van der Waals surface area (Å²) in [6.45, 7) is 4.34. The third kappa shape index (κ3) is 3.54. The monoisotopic (exact) mass is 385 g/mol. The van der Waals surface area contributed by atoms with Crippen molar-refractivity contribution in [1.29, 1.82) is 0 Å². The molecule has 0 aliphatic carbocycles. The van der Waals surface area contributed by atoms with Crippen LogP contribution in [0.25, 0.3) is 0 Å². The Hall–Kier alpha value is -2.46. The van der Waals surface area contributed by atoms with Gasteiger partial charge in [-0.15, -0.1) is 0 Å². The predicted molar refractivity (Wildman–Crippen MR) is 108 cm³/mol. The minimum Gasteiger partial charge on any atom is -0.493 e. The fourth-order valence-electron chi connectivity index (χ4n) is 3.55. The predicted octanol–water partition coefficient (Wildman–Crippen LogP) is 4.80. The van der Waals surface area contributed by atoms with Gasteiger partial charge in [0.05, 0.1) is 20.3 Å². The van der Waals surface area contributed by atoms with Crippen LogP contribution in [0, 0.1) is 0 Å². The summed E-state index contributed by atoms with van der Waals surface area (Å²) in [5.41, 5.74) is 3.78. The summed E-state index contributed by atoms with van der Waals surface area (Å²) in [6, 6.07) is 11.4. The van der Waals surface area contributed by atoms with Gasteiger partial charge >= 0.3 is 0 Å². The molecule has 27 heavy (non-hydrogen) atoms. The Kier molecular flexibility index (Phi) is 5.76. The molecule has 5 heteroatoms. The van der Waals surface area contributed by atoms with Gasteiger partial charge in [-0.25, -0.2) is 0 Å². The van der Waals surface area contributed by atoms with Gasteiger partial charge in [-0.2, -0.15) is 0 Å². The molecule has 2 aromatic carbocycles. The van der Waals surface area contributed by atoms with E-state index in [1.165, 1.54) is 0 Å². The van der Waals surface area contributed by atoms with E-state index in [9.17, 15) is 4.79 Å². The highest BCUT2D eigenvalue weighted by Crippen LogP contribution is 2.43. The summed E-state index contributed by atoms with van der Waals surface area (Å²) in [4.78, 5) is 15.0. The zero-order chi connectivity index (χ0) is 19.6. The standard InChI is InChI=1S/C22H24ClNO3/c1-5-14(2)22(25)24-11-10-15-12-19(26-3)20(27-4)13-17(15)21(24)16-8-6-7-9-18(16)23/h5-9,12-13,21H,10-11H2,1-4H3/b14-5+. The zero-order valence-corrected chi connectivity index (χ0v) is 16.8. The van der Waals surface area contributed by atoms with Crippen LogP contribution >= 0.6 is 11.6 Å². The number of methoxy groups -OCH3 is 2. The van der Waals surface area contributed by atoms with Crippen LogP contribution in [0.3, 0.4) is 0 Å². The molecule has 0 radical (unpaired) electrons. The van der Waals surface area contributed by atoms with Crippen LogP contribution in [0.15, 0.2) is 48.0 Å². The van der Waals surface area contributed by atoms with Crippen molar-refractivity contribution in [1.82, 2.24) is 4.90 Å².